The van der Waals surface area contributed by atoms with Gasteiger partial charge in [-0.25, -0.2) is 4.98 Å². The lowest BCUT2D eigenvalue weighted by molar-refractivity contribution is 0.608. The molecule has 0 N–H and O–H groups in total. The second-order valence-electron chi connectivity index (χ2n) is 3.77. The van der Waals surface area contributed by atoms with Gasteiger partial charge < -0.3 is 4.42 Å². The van der Waals surface area contributed by atoms with Crippen molar-refractivity contribution < 1.29 is 4.42 Å². The maximum atomic E-state index is 12.0. The highest BCUT2D eigenvalue weighted by molar-refractivity contribution is 9.13. The van der Waals surface area contributed by atoms with Crippen LogP contribution in [0.1, 0.15) is 0 Å². The van der Waals surface area contributed by atoms with Crippen LogP contribution in [0.4, 0.5) is 0 Å². The molecule has 3 nitrogen and oxygen atoms in total. The highest BCUT2D eigenvalue weighted by atomic mass is 79.9. The van der Waals surface area contributed by atoms with Gasteiger partial charge in [0.2, 0.25) is 5.43 Å². The van der Waals surface area contributed by atoms with Gasteiger partial charge >= 0.3 is 0 Å². The molecule has 0 radical (unpaired) electrons. The monoisotopic (exact) mass is 509 g/mol. The molecular weight excluding hydrogens is 510 g/mol. The van der Waals surface area contributed by atoms with Crippen molar-refractivity contribution in [3.63, 3.8) is 0 Å². The molecule has 0 amide bonds. The van der Waals surface area contributed by atoms with Crippen LogP contribution in [0.3, 0.4) is 0 Å². The standard InChI is InChI=1S/C12H3Br4NO2/c13-4-1-2-5-6(3-4)19-12-9(16)11(18)8(15)7(14)10(12)17-5/h1-3H. The molecule has 7 heteroatoms. The second kappa shape index (κ2) is 4.95. The predicted octanol–water partition coefficient (Wildman–Crippen LogP) is 5.34. The van der Waals surface area contributed by atoms with E-state index in [4.69, 9.17) is 4.42 Å². The van der Waals surface area contributed by atoms with E-state index >= 15 is 0 Å². The third-order valence-electron chi connectivity index (χ3n) is 2.58. The average Bonchev–Trinajstić information content (AvgIpc) is 2.41. The Labute approximate surface area is 141 Å². The van der Waals surface area contributed by atoms with Crippen LogP contribution in [0, 0.1) is 0 Å². The fourth-order valence-corrected chi connectivity index (χ4v) is 3.60. The van der Waals surface area contributed by atoms with Gasteiger partial charge in [-0.1, -0.05) is 15.9 Å². The summed E-state index contributed by atoms with van der Waals surface area (Å²) in [5.74, 6) is 0.422. The van der Waals surface area contributed by atoms with Crippen LogP contribution < -0.4 is 5.43 Å². The minimum Gasteiger partial charge on any atom is -0.451 e. The normalized spacial score (nSPS) is 11.4. The average molecular weight is 513 g/mol. The summed E-state index contributed by atoms with van der Waals surface area (Å²) in [6.45, 7) is 0. The molecule has 2 aliphatic rings. The summed E-state index contributed by atoms with van der Waals surface area (Å²) < 4.78 is 8.04. The molecular formula is C12H3Br4NO2. The number of hydrogen-bond donors (Lipinski definition) is 0. The van der Waals surface area contributed by atoms with E-state index in [-0.39, 0.29) is 5.43 Å². The third-order valence-corrected chi connectivity index (χ3v) is 5.85. The van der Waals surface area contributed by atoms with E-state index < -0.39 is 0 Å². The summed E-state index contributed by atoms with van der Waals surface area (Å²) in [5.41, 5.74) is 1.73. The van der Waals surface area contributed by atoms with Crippen LogP contribution >= 0.6 is 63.7 Å². The highest BCUT2D eigenvalue weighted by Gasteiger charge is 2.22. The Balaban J connectivity index is 2.55. The zero-order valence-electron chi connectivity index (χ0n) is 9.01. The predicted molar refractivity (Wildman–Crippen MR) is 87.7 cm³/mol. The van der Waals surface area contributed by atoms with Gasteiger partial charge in [0.05, 0.1) is 8.95 Å². The van der Waals surface area contributed by atoms with Crippen LogP contribution in [-0.2, 0) is 0 Å². The Hall–Kier alpha value is -0.240. The molecule has 3 rings (SSSR count). The van der Waals surface area contributed by atoms with E-state index in [9.17, 15) is 4.79 Å². The van der Waals surface area contributed by atoms with Crippen molar-refractivity contribution in [1.29, 1.82) is 0 Å². The summed E-state index contributed by atoms with van der Waals surface area (Å²) in [6, 6.07) is 5.55. The maximum absolute atomic E-state index is 12.0. The van der Waals surface area contributed by atoms with Crippen LogP contribution in [0.5, 0.6) is 0 Å². The Bertz CT molecular complexity index is 843. The van der Waals surface area contributed by atoms with Crippen LogP contribution in [0.2, 0.25) is 0 Å². The van der Waals surface area contributed by atoms with E-state index in [1.54, 1.807) is 0 Å². The molecule has 1 aromatic rings. The van der Waals surface area contributed by atoms with Gasteiger partial charge in [0.1, 0.15) is 15.7 Å². The Kier molecular flexibility index (Phi) is 3.57. The van der Waals surface area contributed by atoms with Gasteiger partial charge in [0.15, 0.2) is 11.3 Å². The van der Waals surface area contributed by atoms with E-state index in [0.29, 0.717) is 36.0 Å². The van der Waals surface area contributed by atoms with Crippen LogP contribution in [0.25, 0.3) is 22.6 Å². The van der Waals surface area contributed by atoms with E-state index in [1.807, 2.05) is 18.2 Å². The molecule has 0 atom stereocenters. The van der Waals surface area contributed by atoms with Gasteiger partial charge in [-0.2, -0.15) is 0 Å². The molecule has 0 aromatic heterocycles. The minimum atomic E-state index is -0.181. The maximum Gasteiger partial charge on any atom is 0.212 e. The molecule has 1 aliphatic heterocycles. The first-order valence-corrected chi connectivity index (χ1v) is 8.23. The van der Waals surface area contributed by atoms with Crippen molar-refractivity contribution >= 4 is 74.8 Å². The Morgan fingerprint density at radius 2 is 1.74 bits per heavy atom. The number of aromatic nitrogens is 1. The number of fused-ring (bicyclic) bond motifs is 2. The molecule has 0 spiro atoms. The zero-order chi connectivity index (χ0) is 13.7. The zero-order valence-corrected chi connectivity index (χ0v) is 15.4. The molecule has 0 fully saturated rings. The van der Waals surface area contributed by atoms with Crippen molar-refractivity contribution in [1.82, 2.24) is 4.98 Å². The van der Waals surface area contributed by atoms with E-state index in [2.05, 4.69) is 68.7 Å². The Morgan fingerprint density at radius 1 is 1.00 bits per heavy atom. The number of benzene rings is 2. The molecule has 1 aliphatic carbocycles. The van der Waals surface area contributed by atoms with Crippen molar-refractivity contribution in [2.24, 2.45) is 0 Å². The van der Waals surface area contributed by atoms with E-state index in [1.165, 1.54) is 0 Å². The van der Waals surface area contributed by atoms with Crippen molar-refractivity contribution in [2.45, 2.75) is 0 Å². The summed E-state index contributed by atoms with van der Waals surface area (Å²) in [4.78, 5) is 16.5. The second-order valence-corrected chi connectivity index (χ2v) is 7.07. The fraction of sp³-hybridized carbons (Fsp3) is 0. The number of rotatable bonds is 0. The molecule has 96 valence electrons. The highest BCUT2D eigenvalue weighted by Crippen LogP contribution is 2.38. The van der Waals surface area contributed by atoms with Crippen LogP contribution in [-0.4, -0.2) is 4.98 Å². The molecule has 0 saturated heterocycles. The first kappa shape index (κ1) is 13.7. The number of hydrogen-bond acceptors (Lipinski definition) is 3. The summed E-state index contributed by atoms with van der Waals surface area (Å²) >= 11 is 13.3. The third kappa shape index (κ3) is 2.20. The summed E-state index contributed by atoms with van der Waals surface area (Å²) in [6.07, 6.45) is 0. The number of halogens is 4. The number of nitrogens with zero attached hydrogens (tertiary/aromatic N) is 1. The topological polar surface area (TPSA) is 43.1 Å². The smallest absolute Gasteiger partial charge is 0.212 e. The largest absolute Gasteiger partial charge is 0.451 e. The Morgan fingerprint density at radius 3 is 2.47 bits per heavy atom. The van der Waals surface area contributed by atoms with Crippen molar-refractivity contribution in [3.05, 3.63) is 46.3 Å². The molecule has 1 heterocycles. The summed E-state index contributed by atoms with van der Waals surface area (Å²) in [7, 11) is 0. The fourth-order valence-electron chi connectivity index (χ4n) is 1.69. The summed E-state index contributed by atoms with van der Waals surface area (Å²) in [5, 5.41) is 0. The molecule has 0 bridgehead atoms. The van der Waals surface area contributed by atoms with Gasteiger partial charge in [0, 0.05) is 4.47 Å². The van der Waals surface area contributed by atoms with Gasteiger partial charge in [-0.15, -0.1) is 0 Å². The van der Waals surface area contributed by atoms with E-state index in [0.717, 1.165) is 4.47 Å². The minimum absolute atomic E-state index is 0.181. The SMILES string of the molecule is O=c1c(Br)c2oc3cc(Br)ccc3nc-2c(Br)c1Br. The van der Waals surface area contributed by atoms with Gasteiger partial charge in [0.25, 0.3) is 0 Å². The first-order valence-electron chi connectivity index (χ1n) is 5.05. The van der Waals surface area contributed by atoms with Gasteiger partial charge in [-0.3, -0.25) is 4.79 Å². The van der Waals surface area contributed by atoms with Crippen molar-refractivity contribution in [2.75, 3.05) is 0 Å². The lowest BCUT2D eigenvalue weighted by atomic mass is 10.2. The molecule has 1 aromatic carbocycles. The lowest BCUT2D eigenvalue weighted by Crippen LogP contribution is -2.08. The quantitative estimate of drug-likeness (QED) is 0.302. The van der Waals surface area contributed by atoms with Crippen LogP contribution in [0.15, 0.2) is 45.3 Å². The molecule has 0 unspecified atom stereocenters. The van der Waals surface area contributed by atoms with Gasteiger partial charge in [-0.05, 0) is 66.0 Å². The molecule has 0 saturated carbocycles. The lowest BCUT2D eigenvalue weighted by Gasteiger charge is -2.11. The first-order chi connectivity index (χ1) is 8.99. The van der Waals surface area contributed by atoms with Crippen molar-refractivity contribution in [3.8, 4) is 11.5 Å². The molecule has 19 heavy (non-hydrogen) atoms.